The lowest BCUT2D eigenvalue weighted by molar-refractivity contribution is 0.173. The van der Waals surface area contributed by atoms with E-state index in [1.165, 1.54) is 10.9 Å². The van der Waals surface area contributed by atoms with Gasteiger partial charge >= 0.3 is 0 Å². The van der Waals surface area contributed by atoms with Crippen molar-refractivity contribution in [3.63, 3.8) is 0 Å². The van der Waals surface area contributed by atoms with Gasteiger partial charge in [-0.1, -0.05) is 57.2 Å². The quantitative estimate of drug-likeness (QED) is 0.623. The van der Waals surface area contributed by atoms with Gasteiger partial charge in [-0.15, -0.1) is 0 Å². The van der Waals surface area contributed by atoms with Crippen LogP contribution in [-0.2, 0) is 4.74 Å². The molecular weight excluding hydrogens is 381 g/mol. The predicted molar refractivity (Wildman–Crippen MR) is 120 cm³/mol. The molecule has 0 amide bonds. The van der Waals surface area contributed by atoms with E-state index in [2.05, 4.69) is 65.0 Å². The van der Waals surface area contributed by atoms with E-state index in [1.807, 2.05) is 18.2 Å². The summed E-state index contributed by atoms with van der Waals surface area (Å²) in [6.45, 7) is 11.8. The molecule has 2 aromatic rings. The molecule has 5 heteroatoms. The summed E-state index contributed by atoms with van der Waals surface area (Å²) in [6.07, 6.45) is 0. The first-order valence-electron chi connectivity index (χ1n) is 10.1. The number of aliphatic imine (C=N–C) groups is 1. The van der Waals surface area contributed by atoms with Gasteiger partial charge in [0, 0.05) is 0 Å². The number of nitrogens with zero attached hydrogens (tertiary/aromatic N) is 1. The molecule has 0 bridgehead atoms. The maximum atomic E-state index is 6.59. The number of ether oxygens (including phenoxy) is 3. The van der Waals surface area contributed by atoms with Crippen LogP contribution in [0.1, 0.15) is 46.2 Å². The summed E-state index contributed by atoms with van der Waals surface area (Å²) < 4.78 is 18.5. The number of benzene rings is 2. The number of hydrogen-bond acceptors (Lipinski definition) is 4. The molecule has 2 heterocycles. The average molecular weight is 411 g/mol. The molecule has 0 spiro atoms. The van der Waals surface area contributed by atoms with Crippen molar-refractivity contribution in [1.29, 1.82) is 0 Å². The normalized spacial score (nSPS) is 23.8. The third-order valence-corrected chi connectivity index (χ3v) is 9.21. The highest BCUT2D eigenvalue weighted by Gasteiger charge is 2.53. The second kappa shape index (κ2) is 7.32. The van der Waals surface area contributed by atoms with Gasteiger partial charge in [0.1, 0.15) is 30.0 Å². The van der Waals surface area contributed by atoms with Crippen molar-refractivity contribution >= 4 is 19.1 Å². The van der Waals surface area contributed by atoms with Crippen LogP contribution in [0.2, 0.25) is 0 Å². The Morgan fingerprint density at radius 1 is 1.00 bits per heavy atom. The van der Waals surface area contributed by atoms with Crippen molar-refractivity contribution < 1.29 is 14.2 Å². The van der Waals surface area contributed by atoms with Crippen molar-refractivity contribution in [3.05, 3.63) is 54.1 Å². The van der Waals surface area contributed by atoms with Crippen LogP contribution >= 0.6 is 7.92 Å². The average Bonchev–Trinajstić information content (AvgIpc) is 3.34. The zero-order chi connectivity index (χ0) is 20.8. The summed E-state index contributed by atoms with van der Waals surface area (Å²) in [7, 11) is 1.06. The van der Waals surface area contributed by atoms with E-state index in [1.54, 1.807) is 7.11 Å². The van der Waals surface area contributed by atoms with Crippen LogP contribution < -0.4 is 14.8 Å². The zero-order valence-corrected chi connectivity index (χ0v) is 19.0. The number of rotatable bonds is 4. The Morgan fingerprint density at radius 3 is 2.38 bits per heavy atom. The first-order valence-corrected chi connectivity index (χ1v) is 11.5. The Morgan fingerprint density at radius 2 is 1.72 bits per heavy atom. The van der Waals surface area contributed by atoms with Gasteiger partial charge in [0.25, 0.3) is 0 Å². The highest BCUT2D eigenvalue weighted by molar-refractivity contribution is 7.68. The molecule has 0 saturated carbocycles. The lowest BCUT2D eigenvalue weighted by atomic mass is 9.94. The van der Waals surface area contributed by atoms with E-state index in [4.69, 9.17) is 19.2 Å². The van der Waals surface area contributed by atoms with Crippen LogP contribution in [0.5, 0.6) is 11.5 Å². The largest absolute Gasteiger partial charge is 0.496 e. The van der Waals surface area contributed by atoms with Gasteiger partial charge in [-0.25, -0.2) is 4.99 Å². The number of fused-ring (bicyclic) bond motifs is 1. The van der Waals surface area contributed by atoms with E-state index in [0.29, 0.717) is 6.61 Å². The Hall–Kier alpha value is -2.06. The molecule has 0 radical (unpaired) electrons. The van der Waals surface area contributed by atoms with E-state index in [9.17, 15) is 0 Å². The van der Waals surface area contributed by atoms with Crippen molar-refractivity contribution in [3.8, 4) is 11.5 Å². The van der Waals surface area contributed by atoms with E-state index in [0.717, 1.165) is 17.4 Å². The van der Waals surface area contributed by atoms with Crippen LogP contribution in [0, 0.1) is 5.41 Å². The fourth-order valence-electron chi connectivity index (χ4n) is 4.12. The van der Waals surface area contributed by atoms with Crippen LogP contribution in [0.3, 0.4) is 0 Å². The summed E-state index contributed by atoms with van der Waals surface area (Å²) in [4.78, 5) is 4.99. The van der Waals surface area contributed by atoms with E-state index in [-0.39, 0.29) is 22.5 Å². The highest BCUT2D eigenvalue weighted by Crippen LogP contribution is 2.64. The molecule has 0 aromatic heterocycles. The smallest absolute Gasteiger partial charge is 0.194 e. The Bertz CT molecular complexity index is 917. The summed E-state index contributed by atoms with van der Waals surface area (Å²) >= 11 is 0. The molecule has 29 heavy (non-hydrogen) atoms. The van der Waals surface area contributed by atoms with Gasteiger partial charge in [0.2, 0.25) is 0 Å². The minimum atomic E-state index is -0.673. The Kier molecular flexibility index (Phi) is 5.11. The molecule has 154 valence electrons. The van der Waals surface area contributed by atoms with Crippen molar-refractivity contribution in [2.75, 3.05) is 13.7 Å². The van der Waals surface area contributed by atoms with Gasteiger partial charge in [0.15, 0.2) is 5.90 Å². The number of hydrogen-bond donors (Lipinski definition) is 0. The van der Waals surface area contributed by atoms with Crippen molar-refractivity contribution in [1.82, 2.24) is 0 Å². The Balaban J connectivity index is 1.71. The predicted octanol–water partition coefficient (Wildman–Crippen LogP) is 5.52. The maximum absolute atomic E-state index is 6.59. The fraction of sp³-hybridized carbons (Fsp3) is 0.458. The zero-order valence-electron chi connectivity index (χ0n) is 18.1. The summed E-state index contributed by atoms with van der Waals surface area (Å²) in [5.74, 6) is 2.61. The molecule has 4 nitrogen and oxygen atoms in total. The molecule has 3 atom stereocenters. The van der Waals surface area contributed by atoms with Gasteiger partial charge < -0.3 is 14.2 Å². The lowest BCUT2D eigenvalue weighted by Gasteiger charge is -2.39. The van der Waals surface area contributed by atoms with Gasteiger partial charge in [0.05, 0.1) is 17.8 Å². The molecule has 2 aromatic carbocycles. The molecule has 0 saturated heterocycles. The second-order valence-electron chi connectivity index (χ2n) is 9.21. The van der Waals surface area contributed by atoms with Gasteiger partial charge in [-0.2, -0.15) is 0 Å². The van der Waals surface area contributed by atoms with Gasteiger partial charge in [-0.05, 0) is 44.6 Å². The van der Waals surface area contributed by atoms with Crippen LogP contribution in [-0.4, -0.2) is 30.6 Å². The minimum absolute atomic E-state index is 0.0305. The van der Waals surface area contributed by atoms with E-state index < -0.39 is 7.92 Å². The molecule has 0 aliphatic carbocycles. The first-order chi connectivity index (χ1) is 13.7. The summed E-state index contributed by atoms with van der Waals surface area (Å²) in [5, 5.41) is 1.27. The second-order valence-corrected chi connectivity index (χ2v) is 12.2. The Labute approximate surface area is 175 Å². The monoisotopic (exact) mass is 411 g/mol. The first kappa shape index (κ1) is 20.2. The molecule has 0 fully saturated rings. The summed E-state index contributed by atoms with van der Waals surface area (Å²) in [5.41, 5.74) is 0.834. The molecular formula is C24H30NO3P. The third kappa shape index (κ3) is 3.53. The standard InChI is InChI=1S/C24H30NO3P/c1-23(2,3)29-20-18(26-6)13-10-14-19(20)28-22(29)24(4,5)21-25-17(15-27-21)16-11-8-7-9-12-16/h7-14,17,22H,15H2,1-6H3/t17-,22?,29+/m0/s1. The van der Waals surface area contributed by atoms with Crippen molar-refractivity contribution in [2.45, 2.75) is 51.7 Å². The highest BCUT2D eigenvalue weighted by atomic mass is 31.1. The molecule has 4 rings (SSSR count). The van der Waals surface area contributed by atoms with Crippen LogP contribution in [0.4, 0.5) is 0 Å². The minimum Gasteiger partial charge on any atom is -0.496 e. The molecule has 0 N–H and O–H groups in total. The maximum Gasteiger partial charge on any atom is 0.194 e. The number of methoxy groups -OCH3 is 1. The topological polar surface area (TPSA) is 40.0 Å². The van der Waals surface area contributed by atoms with E-state index >= 15 is 0 Å². The third-order valence-electron chi connectivity index (χ3n) is 5.62. The molecule has 2 aliphatic heterocycles. The fourth-order valence-corrected chi connectivity index (χ4v) is 7.48. The molecule has 2 aliphatic rings. The summed E-state index contributed by atoms with van der Waals surface area (Å²) in [6, 6.07) is 16.5. The van der Waals surface area contributed by atoms with Crippen LogP contribution in [0.15, 0.2) is 53.5 Å². The van der Waals surface area contributed by atoms with Gasteiger partial charge in [-0.3, -0.25) is 0 Å². The molecule has 1 unspecified atom stereocenters. The van der Waals surface area contributed by atoms with Crippen LogP contribution in [0.25, 0.3) is 0 Å². The SMILES string of the molecule is COc1cccc2c1[P@@](C(C)(C)C)C(C(C)(C)C1=N[C@H](c3ccccc3)CO1)O2. The lowest BCUT2D eigenvalue weighted by Crippen LogP contribution is -2.41. The van der Waals surface area contributed by atoms with Crippen molar-refractivity contribution in [2.24, 2.45) is 10.4 Å².